The van der Waals surface area contributed by atoms with Crippen LogP contribution in [0.5, 0.6) is 5.75 Å². The molecule has 1 aliphatic rings. The van der Waals surface area contributed by atoms with Crippen molar-refractivity contribution in [3.63, 3.8) is 0 Å². The predicted molar refractivity (Wildman–Crippen MR) is 54.8 cm³/mol. The van der Waals surface area contributed by atoms with Gasteiger partial charge in [-0.25, -0.2) is 8.42 Å². The second-order valence-corrected chi connectivity index (χ2v) is 5.53. The summed E-state index contributed by atoms with van der Waals surface area (Å²) < 4.78 is 32.9. The summed E-state index contributed by atoms with van der Waals surface area (Å²) in [6.45, 7) is 1.21. The normalized spacial score (nSPS) is 19.9. The lowest BCUT2D eigenvalue weighted by molar-refractivity contribution is 0.262. The number of sulfone groups is 1. The van der Waals surface area contributed by atoms with Gasteiger partial charge in [0.2, 0.25) is 0 Å². The lowest BCUT2D eigenvalue weighted by Gasteiger charge is -2.05. The first-order valence-corrected chi connectivity index (χ1v) is 6.49. The summed E-state index contributed by atoms with van der Waals surface area (Å²) in [5.41, 5.74) is 0. The Morgan fingerprint density at radius 2 is 2.27 bits per heavy atom. The first-order valence-electron chi connectivity index (χ1n) is 4.60. The summed E-state index contributed by atoms with van der Waals surface area (Å²) in [4.78, 5) is 0.275. The van der Waals surface area contributed by atoms with Crippen LogP contribution in [0.3, 0.4) is 0 Å². The third-order valence-electron chi connectivity index (χ3n) is 2.07. The molecule has 0 N–H and O–H groups in total. The Bertz CT molecular complexity index is 448. The second-order valence-electron chi connectivity index (χ2n) is 3.51. The molecule has 5 heteroatoms. The molecular formula is C10H12O4S. The summed E-state index contributed by atoms with van der Waals surface area (Å²) in [5, 5.41) is 0. The first-order chi connectivity index (χ1) is 7.05. The van der Waals surface area contributed by atoms with Crippen LogP contribution in [0, 0.1) is 0 Å². The predicted octanol–water partition coefficient (Wildman–Crippen LogP) is 0.868. The molecule has 0 saturated carbocycles. The molecule has 0 spiro atoms. The molecule has 0 radical (unpaired) electrons. The average Bonchev–Trinajstić information content (AvgIpc) is 2.97. The lowest BCUT2D eigenvalue weighted by atomic mass is 10.3. The summed E-state index contributed by atoms with van der Waals surface area (Å²) in [6.07, 6.45) is 1.35. The van der Waals surface area contributed by atoms with Crippen LogP contribution in [0.4, 0.5) is 0 Å². The quantitative estimate of drug-likeness (QED) is 0.717. The van der Waals surface area contributed by atoms with E-state index in [0.29, 0.717) is 12.4 Å². The molecule has 1 heterocycles. The number of hydrogen-bond acceptors (Lipinski definition) is 4. The highest BCUT2D eigenvalue weighted by molar-refractivity contribution is 7.90. The van der Waals surface area contributed by atoms with Crippen LogP contribution < -0.4 is 4.74 Å². The highest BCUT2D eigenvalue weighted by Gasteiger charge is 2.23. The van der Waals surface area contributed by atoms with Crippen LogP contribution in [0.2, 0.25) is 0 Å². The van der Waals surface area contributed by atoms with Crippen LogP contribution in [0.1, 0.15) is 0 Å². The van der Waals surface area contributed by atoms with Crippen LogP contribution in [-0.4, -0.2) is 34.0 Å². The Kier molecular flexibility index (Phi) is 2.67. The largest absolute Gasteiger partial charge is 0.491 e. The van der Waals surface area contributed by atoms with E-state index in [2.05, 4.69) is 0 Å². The van der Waals surface area contributed by atoms with Gasteiger partial charge in [0, 0.05) is 6.26 Å². The number of ether oxygens (including phenoxy) is 2. The zero-order chi connectivity index (χ0) is 10.9. The topological polar surface area (TPSA) is 55.9 Å². The average molecular weight is 228 g/mol. The van der Waals surface area contributed by atoms with E-state index in [1.165, 1.54) is 12.3 Å². The highest BCUT2D eigenvalue weighted by atomic mass is 32.2. The maximum Gasteiger partial charge on any atom is 0.175 e. The van der Waals surface area contributed by atoms with E-state index < -0.39 is 9.84 Å². The van der Waals surface area contributed by atoms with Crippen molar-refractivity contribution in [1.82, 2.24) is 0 Å². The molecule has 0 amide bonds. The lowest BCUT2D eigenvalue weighted by Crippen LogP contribution is -2.05. The number of epoxide rings is 1. The second kappa shape index (κ2) is 3.83. The van der Waals surface area contributed by atoms with E-state index in [4.69, 9.17) is 9.47 Å². The van der Waals surface area contributed by atoms with Crippen LogP contribution in [0.25, 0.3) is 0 Å². The minimum absolute atomic E-state index is 0.173. The Balaban J connectivity index is 2.11. The van der Waals surface area contributed by atoms with Gasteiger partial charge >= 0.3 is 0 Å². The standard InChI is InChI=1S/C10H12O4S/c1-15(11,12)10-4-2-3-8(5-10)13-6-9-7-14-9/h2-5,9H,6-7H2,1H3. The van der Waals surface area contributed by atoms with Crippen molar-refractivity contribution in [2.24, 2.45) is 0 Å². The fraction of sp³-hybridized carbons (Fsp3) is 0.400. The summed E-state index contributed by atoms with van der Waals surface area (Å²) >= 11 is 0. The first kappa shape index (κ1) is 10.4. The molecular weight excluding hydrogens is 216 g/mol. The van der Waals surface area contributed by atoms with Crippen LogP contribution in [0.15, 0.2) is 29.2 Å². The minimum atomic E-state index is -3.16. The van der Waals surface area contributed by atoms with Gasteiger partial charge in [0.05, 0.1) is 11.5 Å². The molecule has 0 aromatic heterocycles. The van der Waals surface area contributed by atoms with Crippen molar-refractivity contribution in [3.05, 3.63) is 24.3 Å². The maximum atomic E-state index is 11.3. The zero-order valence-electron chi connectivity index (χ0n) is 8.34. The number of rotatable bonds is 4. The maximum absolute atomic E-state index is 11.3. The Morgan fingerprint density at radius 3 is 2.87 bits per heavy atom. The smallest absolute Gasteiger partial charge is 0.175 e. The summed E-state index contributed by atoms with van der Waals surface area (Å²) in [5.74, 6) is 0.563. The van der Waals surface area contributed by atoms with Gasteiger partial charge in [-0.3, -0.25) is 0 Å². The van der Waals surface area contributed by atoms with Gasteiger partial charge in [-0.1, -0.05) is 6.07 Å². The monoisotopic (exact) mass is 228 g/mol. The molecule has 1 unspecified atom stereocenters. The van der Waals surface area contributed by atoms with E-state index in [0.717, 1.165) is 6.61 Å². The van der Waals surface area contributed by atoms with E-state index >= 15 is 0 Å². The Morgan fingerprint density at radius 1 is 1.53 bits per heavy atom. The number of hydrogen-bond donors (Lipinski definition) is 0. The third kappa shape index (κ3) is 2.94. The molecule has 1 aromatic carbocycles. The Hall–Kier alpha value is -1.07. The van der Waals surface area contributed by atoms with Crippen molar-refractivity contribution in [2.45, 2.75) is 11.0 Å². The van der Waals surface area contributed by atoms with Crippen molar-refractivity contribution in [3.8, 4) is 5.75 Å². The van der Waals surface area contributed by atoms with Crippen molar-refractivity contribution in [1.29, 1.82) is 0 Å². The van der Waals surface area contributed by atoms with E-state index in [1.54, 1.807) is 18.2 Å². The van der Waals surface area contributed by atoms with E-state index in [9.17, 15) is 8.42 Å². The van der Waals surface area contributed by atoms with Gasteiger partial charge < -0.3 is 9.47 Å². The fourth-order valence-electron chi connectivity index (χ4n) is 1.15. The molecule has 15 heavy (non-hydrogen) atoms. The summed E-state index contributed by atoms with van der Waals surface area (Å²) in [6, 6.07) is 6.48. The van der Waals surface area contributed by atoms with E-state index in [1.807, 2.05) is 0 Å². The highest BCUT2D eigenvalue weighted by Crippen LogP contribution is 2.19. The van der Waals surface area contributed by atoms with E-state index in [-0.39, 0.29) is 11.0 Å². The third-order valence-corrected chi connectivity index (χ3v) is 3.18. The molecule has 4 nitrogen and oxygen atoms in total. The molecule has 1 aliphatic heterocycles. The molecule has 1 saturated heterocycles. The van der Waals surface area contributed by atoms with Gasteiger partial charge in [0.1, 0.15) is 18.5 Å². The van der Waals surface area contributed by atoms with Gasteiger partial charge in [-0.2, -0.15) is 0 Å². The zero-order valence-corrected chi connectivity index (χ0v) is 9.16. The molecule has 1 aromatic rings. The molecule has 0 aliphatic carbocycles. The van der Waals surface area contributed by atoms with Crippen molar-refractivity contribution >= 4 is 9.84 Å². The molecule has 1 fully saturated rings. The molecule has 2 rings (SSSR count). The fourth-order valence-corrected chi connectivity index (χ4v) is 1.80. The minimum Gasteiger partial charge on any atom is -0.491 e. The van der Waals surface area contributed by atoms with Gasteiger partial charge in [0.15, 0.2) is 9.84 Å². The van der Waals surface area contributed by atoms with Gasteiger partial charge in [-0.05, 0) is 18.2 Å². The van der Waals surface area contributed by atoms with Gasteiger partial charge in [-0.15, -0.1) is 0 Å². The van der Waals surface area contributed by atoms with Gasteiger partial charge in [0.25, 0.3) is 0 Å². The molecule has 82 valence electrons. The number of benzene rings is 1. The summed E-state index contributed by atoms with van der Waals surface area (Å²) in [7, 11) is -3.16. The van der Waals surface area contributed by atoms with Crippen molar-refractivity contribution < 1.29 is 17.9 Å². The SMILES string of the molecule is CS(=O)(=O)c1cccc(OCC2CO2)c1. The van der Waals surface area contributed by atoms with Crippen LogP contribution in [-0.2, 0) is 14.6 Å². The molecule has 1 atom stereocenters. The Labute approximate surface area is 88.7 Å². The van der Waals surface area contributed by atoms with Crippen molar-refractivity contribution in [2.75, 3.05) is 19.5 Å². The van der Waals surface area contributed by atoms with Crippen LogP contribution >= 0.6 is 0 Å². The molecule has 0 bridgehead atoms.